The Kier molecular flexibility index (Phi) is 6.14. The molecule has 2 heterocycles. The zero-order valence-corrected chi connectivity index (χ0v) is 15.5. The summed E-state index contributed by atoms with van der Waals surface area (Å²) < 4.78 is 13.0. The molecule has 3 rings (SSSR count). The molecule has 0 saturated heterocycles. The highest BCUT2D eigenvalue weighted by Crippen LogP contribution is 2.20. The molecule has 0 bridgehead atoms. The van der Waals surface area contributed by atoms with Crippen molar-refractivity contribution in [3.8, 4) is 5.75 Å². The number of ether oxygens (including phenoxy) is 1. The van der Waals surface area contributed by atoms with E-state index in [0.29, 0.717) is 19.7 Å². The third-order valence-corrected chi connectivity index (χ3v) is 4.07. The van der Waals surface area contributed by atoms with Crippen LogP contribution in [-0.4, -0.2) is 35.5 Å². The maximum atomic E-state index is 12.1. The van der Waals surface area contributed by atoms with Crippen LogP contribution in [0.4, 0.5) is 4.79 Å². The highest BCUT2D eigenvalue weighted by molar-refractivity contribution is 5.73. The van der Waals surface area contributed by atoms with Gasteiger partial charge in [0.2, 0.25) is 0 Å². The topological polar surface area (TPSA) is 81.3 Å². The number of hydrogen-bond donors (Lipinski definition) is 2. The SMILES string of the molecule is Cc1cc(C)n([C@H](CNC(=O)NCCOc2ccccc2)c2ccco2)n1. The average molecular weight is 368 g/mol. The van der Waals surface area contributed by atoms with Crippen molar-refractivity contribution in [2.75, 3.05) is 19.7 Å². The summed E-state index contributed by atoms with van der Waals surface area (Å²) >= 11 is 0. The van der Waals surface area contributed by atoms with Crippen LogP contribution in [0.1, 0.15) is 23.2 Å². The van der Waals surface area contributed by atoms with Crippen molar-refractivity contribution in [2.45, 2.75) is 19.9 Å². The molecule has 2 amide bonds. The van der Waals surface area contributed by atoms with Gasteiger partial charge >= 0.3 is 6.03 Å². The predicted octanol–water partition coefficient (Wildman–Crippen LogP) is 3.06. The Morgan fingerprint density at radius 3 is 2.67 bits per heavy atom. The van der Waals surface area contributed by atoms with Crippen LogP contribution in [0.5, 0.6) is 5.75 Å². The van der Waals surface area contributed by atoms with Gasteiger partial charge in [0.25, 0.3) is 0 Å². The Labute approximate surface area is 158 Å². The van der Waals surface area contributed by atoms with E-state index >= 15 is 0 Å². The van der Waals surface area contributed by atoms with Crippen molar-refractivity contribution in [3.63, 3.8) is 0 Å². The molecule has 0 spiro atoms. The molecule has 0 aliphatic carbocycles. The van der Waals surface area contributed by atoms with E-state index in [4.69, 9.17) is 9.15 Å². The maximum absolute atomic E-state index is 12.1. The summed E-state index contributed by atoms with van der Waals surface area (Å²) in [5.41, 5.74) is 1.93. The molecule has 3 aromatic rings. The number of urea groups is 1. The molecule has 2 N–H and O–H groups in total. The number of nitrogens with zero attached hydrogens (tertiary/aromatic N) is 2. The zero-order chi connectivity index (χ0) is 19.1. The van der Waals surface area contributed by atoms with Crippen molar-refractivity contribution >= 4 is 6.03 Å². The lowest BCUT2D eigenvalue weighted by Crippen LogP contribution is -2.40. The van der Waals surface area contributed by atoms with Gasteiger partial charge in [-0.2, -0.15) is 5.10 Å². The quantitative estimate of drug-likeness (QED) is 0.599. The van der Waals surface area contributed by atoms with Gasteiger partial charge in [-0.15, -0.1) is 0 Å². The predicted molar refractivity (Wildman–Crippen MR) is 102 cm³/mol. The average Bonchev–Trinajstić information content (AvgIpc) is 3.30. The van der Waals surface area contributed by atoms with Gasteiger partial charge in [-0.1, -0.05) is 18.2 Å². The van der Waals surface area contributed by atoms with Gasteiger partial charge < -0.3 is 19.8 Å². The fourth-order valence-electron chi connectivity index (χ4n) is 2.85. The molecule has 0 aliphatic heterocycles. The second kappa shape index (κ2) is 8.93. The van der Waals surface area contributed by atoms with E-state index in [1.165, 1.54) is 0 Å². The smallest absolute Gasteiger partial charge is 0.314 e. The van der Waals surface area contributed by atoms with Crippen LogP contribution < -0.4 is 15.4 Å². The molecule has 0 saturated carbocycles. The molecule has 1 atom stereocenters. The van der Waals surface area contributed by atoms with Gasteiger partial charge in [-0.3, -0.25) is 4.68 Å². The highest BCUT2D eigenvalue weighted by Gasteiger charge is 2.20. The monoisotopic (exact) mass is 368 g/mol. The van der Waals surface area contributed by atoms with Crippen molar-refractivity contribution in [2.24, 2.45) is 0 Å². The number of carbonyl (C=O) groups excluding carboxylic acids is 1. The van der Waals surface area contributed by atoms with E-state index in [2.05, 4.69) is 15.7 Å². The minimum atomic E-state index is -0.259. The normalized spacial score (nSPS) is 11.8. The Balaban J connectivity index is 1.50. The second-order valence-corrected chi connectivity index (χ2v) is 6.20. The summed E-state index contributed by atoms with van der Waals surface area (Å²) in [6.45, 7) is 5.09. The number of furan rings is 1. The minimum absolute atomic E-state index is 0.208. The van der Waals surface area contributed by atoms with Gasteiger partial charge in [-0.05, 0) is 44.2 Å². The zero-order valence-electron chi connectivity index (χ0n) is 15.5. The molecule has 2 aromatic heterocycles. The van der Waals surface area contributed by atoms with Gasteiger partial charge in [-0.25, -0.2) is 4.79 Å². The first-order valence-corrected chi connectivity index (χ1v) is 8.89. The van der Waals surface area contributed by atoms with Crippen molar-refractivity contribution in [1.29, 1.82) is 0 Å². The van der Waals surface area contributed by atoms with E-state index in [-0.39, 0.29) is 12.1 Å². The molecule has 142 valence electrons. The molecule has 0 fully saturated rings. The summed E-state index contributed by atoms with van der Waals surface area (Å²) in [5.74, 6) is 1.52. The standard InChI is InChI=1S/C20H24N4O3/c1-15-13-16(2)24(23-15)18(19-9-6-11-27-19)14-22-20(25)21-10-12-26-17-7-4-3-5-8-17/h3-9,11,13,18H,10,12,14H2,1-2H3,(H2,21,22,25)/t18-/m1/s1. The fraction of sp³-hybridized carbons (Fsp3) is 0.300. The Bertz CT molecular complexity index is 844. The number of nitrogens with one attached hydrogen (secondary N) is 2. The molecule has 7 nitrogen and oxygen atoms in total. The van der Waals surface area contributed by atoms with Crippen molar-refractivity contribution < 1.29 is 13.9 Å². The van der Waals surface area contributed by atoms with Crippen LogP contribution in [-0.2, 0) is 0 Å². The largest absolute Gasteiger partial charge is 0.492 e. The van der Waals surface area contributed by atoms with E-state index in [1.54, 1.807) is 6.26 Å². The third kappa shape index (κ3) is 5.13. The van der Waals surface area contributed by atoms with Gasteiger partial charge in [0.05, 0.1) is 18.5 Å². The summed E-state index contributed by atoms with van der Waals surface area (Å²) in [6, 6.07) is 14.7. The van der Waals surface area contributed by atoms with E-state index in [9.17, 15) is 4.79 Å². The summed E-state index contributed by atoms with van der Waals surface area (Å²) in [6.07, 6.45) is 1.62. The van der Waals surface area contributed by atoms with E-state index in [0.717, 1.165) is 22.9 Å². The van der Waals surface area contributed by atoms with Crippen LogP contribution in [0.3, 0.4) is 0 Å². The van der Waals surface area contributed by atoms with Crippen LogP contribution in [0, 0.1) is 13.8 Å². The Hall–Kier alpha value is -3.22. The number of carbonyl (C=O) groups is 1. The lowest BCUT2D eigenvalue weighted by molar-refractivity contribution is 0.234. The Morgan fingerprint density at radius 1 is 1.19 bits per heavy atom. The number of para-hydroxylation sites is 1. The van der Waals surface area contributed by atoms with E-state index in [1.807, 2.05) is 67.1 Å². The minimum Gasteiger partial charge on any atom is -0.492 e. The fourth-order valence-corrected chi connectivity index (χ4v) is 2.85. The van der Waals surface area contributed by atoms with Crippen LogP contribution in [0.25, 0.3) is 0 Å². The first kappa shape index (κ1) is 18.6. The molecule has 0 aliphatic rings. The number of rotatable bonds is 8. The first-order chi connectivity index (χ1) is 13.1. The lowest BCUT2D eigenvalue weighted by Gasteiger charge is -2.18. The summed E-state index contributed by atoms with van der Waals surface area (Å²) in [4.78, 5) is 12.1. The summed E-state index contributed by atoms with van der Waals surface area (Å²) in [5, 5.41) is 10.2. The van der Waals surface area contributed by atoms with Gasteiger partial charge in [0.15, 0.2) is 0 Å². The van der Waals surface area contributed by atoms with Crippen molar-refractivity contribution in [3.05, 3.63) is 71.9 Å². The number of amides is 2. The number of benzene rings is 1. The number of aryl methyl sites for hydroxylation is 2. The first-order valence-electron chi connectivity index (χ1n) is 8.89. The van der Waals surface area contributed by atoms with Gasteiger partial charge in [0, 0.05) is 12.2 Å². The molecular weight excluding hydrogens is 344 g/mol. The van der Waals surface area contributed by atoms with Gasteiger partial charge in [0.1, 0.15) is 24.2 Å². The molecule has 7 heteroatoms. The molecule has 0 unspecified atom stereocenters. The lowest BCUT2D eigenvalue weighted by atomic mass is 10.2. The number of hydrogen-bond acceptors (Lipinski definition) is 4. The maximum Gasteiger partial charge on any atom is 0.314 e. The highest BCUT2D eigenvalue weighted by atomic mass is 16.5. The molecular formula is C20H24N4O3. The van der Waals surface area contributed by atoms with Crippen LogP contribution in [0.2, 0.25) is 0 Å². The third-order valence-electron chi connectivity index (χ3n) is 4.07. The number of aromatic nitrogens is 2. The van der Waals surface area contributed by atoms with E-state index < -0.39 is 0 Å². The van der Waals surface area contributed by atoms with Crippen LogP contribution >= 0.6 is 0 Å². The Morgan fingerprint density at radius 2 is 2.00 bits per heavy atom. The molecule has 27 heavy (non-hydrogen) atoms. The van der Waals surface area contributed by atoms with Crippen molar-refractivity contribution in [1.82, 2.24) is 20.4 Å². The van der Waals surface area contributed by atoms with Crippen LogP contribution in [0.15, 0.2) is 59.2 Å². The second-order valence-electron chi connectivity index (χ2n) is 6.20. The summed E-state index contributed by atoms with van der Waals surface area (Å²) in [7, 11) is 0. The molecule has 0 radical (unpaired) electrons. The molecule has 1 aromatic carbocycles.